The molecule has 1 aliphatic heterocycles. The van der Waals surface area contributed by atoms with Crippen molar-refractivity contribution in [2.24, 2.45) is 0 Å². The molecule has 0 saturated carbocycles. The maximum Gasteiger partial charge on any atom is 0.234 e. The highest BCUT2D eigenvalue weighted by Gasteiger charge is 2.13. The highest BCUT2D eigenvalue weighted by molar-refractivity contribution is 5.78. The molecule has 2 N–H and O–H groups in total. The van der Waals surface area contributed by atoms with Crippen molar-refractivity contribution in [2.45, 2.75) is 6.42 Å². The van der Waals surface area contributed by atoms with Crippen LogP contribution >= 0.6 is 0 Å². The van der Waals surface area contributed by atoms with Crippen LogP contribution in [0, 0.1) is 0 Å². The van der Waals surface area contributed by atoms with Gasteiger partial charge in [-0.2, -0.15) is 0 Å². The molecule has 110 valence electrons. The number of carbonyl (C=O) groups excluding carboxylic acids is 1. The highest BCUT2D eigenvalue weighted by atomic mass is 16.5. The van der Waals surface area contributed by atoms with Crippen LogP contribution in [0.25, 0.3) is 0 Å². The Morgan fingerprint density at radius 1 is 1.35 bits per heavy atom. The second kappa shape index (κ2) is 7.87. The first-order valence-electron chi connectivity index (χ1n) is 7.11. The Bertz CT molecular complexity index is 431. The summed E-state index contributed by atoms with van der Waals surface area (Å²) in [6, 6.07) is 7.91. The fourth-order valence-corrected chi connectivity index (χ4v) is 2.37. The van der Waals surface area contributed by atoms with Gasteiger partial charge in [-0.1, -0.05) is 18.2 Å². The third-order valence-corrected chi connectivity index (χ3v) is 3.49. The number of hydrogen-bond acceptors (Lipinski definition) is 4. The van der Waals surface area contributed by atoms with Crippen LogP contribution < -0.4 is 15.4 Å². The summed E-state index contributed by atoms with van der Waals surface area (Å²) < 4.78 is 5.30. The molecule has 0 spiro atoms. The number of nitrogens with zero attached hydrogens (tertiary/aromatic N) is 1. The van der Waals surface area contributed by atoms with E-state index in [9.17, 15) is 4.79 Å². The minimum atomic E-state index is 0.0989. The molecule has 0 radical (unpaired) electrons. The number of methoxy groups -OCH3 is 1. The molecule has 0 aliphatic carbocycles. The number of para-hydroxylation sites is 1. The van der Waals surface area contributed by atoms with Crippen molar-refractivity contribution in [2.75, 3.05) is 46.4 Å². The van der Waals surface area contributed by atoms with Gasteiger partial charge in [0.1, 0.15) is 5.75 Å². The van der Waals surface area contributed by atoms with E-state index in [2.05, 4.69) is 15.5 Å². The summed E-state index contributed by atoms with van der Waals surface area (Å²) in [5.41, 5.74) is 1.12. The van der Waals surface area contributed by atoms with Gasteiger partial charge in [-0.15, -0.1) is 0 Å². The Labute approximate surface area is 120 Å². The molecule has 1 heterocycles. The number of carbonyl (C=O) groups is 1. The molecule has 0 atom stereocenters. The zero-order valence-corrected chi connectivity index (χ0v) is 12.0. The Balaban J connectivity index is 1.70. The molecular formula is C15H23N3O2. The number of rotatable bonds is 6. The lowest BCUT2D eigenvalue weighted by atomic mass is 10.1. The molecule has 1 saturated heterocycles. The maximum atomic E-state index is 11.9. The highest BCUT2D eigenvalue weighted by Crippen LogP contribution is 2.17. The van der Waals surface area contributed by atoms with Gasteiger partial charge in [-0.25, -0.2) is 0 Å². The predicted molar refractivity (Wildman–Crippen MR) is 79.0 cm³/mol. The molecule has 1 aromatic carbocycles. The smallest absolute Gasteiger partial charge is 0.234 e. The van der Waals surface area contributed by atoms with Crippen LogP contribution in [0.15, 0.2) is 24.3 Å². The van der Waals surface area contributed by atoms with Gasteiger partial charge in [0.2, 0.25) is 5.91 Å². The van der Waals surface area contributed by atoms with Crippen LogP contribution in [0.4, 0.5) is 0 Å². The van der Waals surface area contributed by atoms with Gasteiger partial charge < -0.3 is 15.4 Å². The quantitative estimate of drug-likeness (QED) is 0.783. The summed E-state index contributed by atoms with van der Waals surface area (Å²) >= 11 is 0. The first kappa shape index (κ1) is 14.8. The molecule has 20 heavy (non-hydrogen) atoms. The van der Waals surface area contributed by atoms with Crippen molar-refractivity contribution >= 4 is 5.91 Å². The third kappa shape index (κ3) is 4.51. The minimum Gasteiger partial charge on any atom is -0.496 e. The van der Waals surface area contributed by atoms with Gasteiger partial charge >= 0.3 is 0 Å². The normalized spacial score (nSPS) is 15.8. The van der Waals surface area contributed by atoms with Crippen LogP contribution in [0.5, 0.6) is 5.75 Å². The molecule has 2 rings (SSSR count). The van der Waals surface area contributed by atoms with Gasteiger partial charge in [-0.05, 0) is 18.1 Å². The fraction of sp³-hybridized carbons (Fsp3) is 0.533. The van der Waals surface area contributed by atoms with Crippen molar-refractivity contribution in [3.8, 4) is 5.75 Å². The van der Waals surface area contributed by atoms with Crippen molar-refractivity contribution in [3.63, 3.8) is 0 Å². The van der Waals surface area contributed by atoms with Crippen LogP contribution in [0.3, 0.4) is 0 Å². The molecule has 1 aliphatic rings. The SMILES string of the molecule is COc1ccccc1CCNC(=O)CN1CCNCC1. The summed E-state index contributed by atoms with van der Waals surface area (Å²) in [7, 11) is 1.67. The van der Waals surface area contributed by atoms with Crippen molar-refractivity contribution in [1.82, 2.24) is 15.5 Å². The zero-order chi connectivity index (χ0) is 14.2. The average Bonchev–Trinajstić information content (AvgIpc) is 2.49. The van der Waals surface area contributed by atoms with E-state index in [1.807, 2.05) is 24.3 Å². The Kier molecular flexibility index (Phi) is 5.83. The molecule has 1 fully saturated rings. The molecular weight excluding hydrogens is 254 g/mol. The van der Waals surface area contributed by atoms with Crippen LogP contribution in [-0.2, 0) is 11.2 Å². The van der Waals surface area contributed by atoms with Crippen LogP contribution in [0.2, 0.25) is 0 Å². The average molecular weight is 277 g/mol. The molecule has 5 nitrogen and oxygen atoms in total. The standard InChI is InChI=1S/C15H23N3O2/c1-20-14-5-3-2-4-13(14)6-7-17-15(19)12-18-10-8-16-9-11-18/h2-5,16H,6-12H2,1H3,(H,17,19). The second-order valence-electron chi connectivity index (χ2n) is 4.94. The number of hydrogen-bond donors (Lipinski definition) is 2. The lowest BCUT2D eigenvalue weighted by molar-refractivity contribution is -0.122. The maximum absolute atomic E-state index is 11.9. The summed E-state index contributed by atoms with van der Waals surface area (Å²) in [5.74, 6) is 0.977. The number of ether oxygens (including phenoxy) is 1. The number of amides is 1. The van der Waals surface area contributed by atoms with Crippen molar-refractivity contribution in [3.05, 3.63) is 29.8 Å². The molecule has 1 aromatic rings. The lowest BCUT2D eigenvalue weighted by Crippen LogP contribution is -2.47. The molecule has 1 amide bonds. The van der Waals surface area contributed by atoms with E-state index in [0.29, 0.717) is 13.1 Å². The Morgan fingerprint density at radius 2 is 2.10 bits per heavy atom. The molecule has 0 aromatic heterocycles. The number of nitrogens with one attached hydrogen (secondary N) is 2. The molecule has 5 heteroatoms. The van der Waals surface area contributed by atoms with E-state index in [1.165, 1.54) is 0 Å². The first-order chi connectivity index (χ1) is 9.79. The lowest BCUT2D eigenvalue weighted by Gasteiger charge is -2.26. The van der Waals surface area contributed by atoms with Gasteiger partial charge in [0, 0.05) is 32.7 Å². The fourth-order valence-electron chi connectivity index (χ4n) is 2.37. The monoisotopic (exact) mass is 277 g/mol. The van der Waals surface area contributed by atoms with Crippen molar-refractivity contribution in [1.29, 1.82) is 0 Å². The third-order valence-electron chi connectivity index (χ3n) is 3.49. The van der Waals surface area contributed by atoms with Crippen molar-refractivity contribution < 1.29 is 9.53 Å². The topological polar surface area (TPSA) is 53.6 Å². The Hall–Kier alpha value is -1.59. The summed E-state index contributed by atoms with van der Waals surface area (Å²) in [5, 5.41) is 6.25. The summed E-state index contributed by atoms with van der Waals surface area (Å²) in [4.78, 5) is 14.0. The predicted octanol–water partition coefficient (Wildman–Crippen LogP) is 0.259. The molecule has 0 unspecified atom stereocenters. The minimum absolute atomic E-state index is 0.0989. The van der Waals surface area contributed by atoms with Gasteiger partial charge in [0.15, 0.2) is 0 Å². The second-order valence-corrected chi connectivity index (χ2v) is 4.94. The van der Waals surface area contributed by atoms with E-state index >= 15 is 0 Å². The number of benzene rings is 1. The Morgan fingerprint density at radius 3 is 2.85 bits per heavy atom. The van der Waals surface area contributed by atoms with E-state index < -0.39 is 0 Å². The van der Waals surface area contributed by atoms with Crippen LogP contribution in [0.1, 0.15) is 5.56 Å². The van der Waals surface area contributed by atoms with E-state index in [-0.39, 0.29) is 5.91 Å². The van der Waals surface area contributed by atoms with E-state index in [4.69, 9.17) is 4.74 Å². The van der Waals surface area contributed by atoms with E-state index in [0.717, 1.165) is 43.9 Å². The van der Waals surface area contributed by atoms with Gasteiger partial charge in [0.25, 0.3) is 0 Å². The van der Waals surface area contributed by atoms with Crippen LogP contribution in [-0.4, -0.2) is 57.2 Å². The zero-order valence-electron chi connectivity index (χ0n) is 12.0. The summed E-state index contributed by atoms with van der Waals surface area (Å²) in [6.07, 6.45) is 0.789. The summed E-state index contributed by atoms with van der Waals surface area (Å²) in [6.45, 7) is 4.96. The number of piperazine rings is 1. The largest absolute Gasteiger partial charge is 0.496 e. The van der Waals surface area contributed by atoms with Gasteiger partial charge in [-0.3, -0.25) is 9.69 Å². The van der Waals surface area contributed by atoms with Gasteiger partial charge in [0.05, 0.1) is 13.7 Å². The first-order valence-corrected chi connectivity index (χ1v) is 7.11. The van der Waals surface area contributed by atoms with E-state index in [1.54, 1.807) is 7.11 Å². The molecule has 0 bridgehead atoms.